The lowest BCUT2D eigenvalue weighted by atomic mass is 9.94. The Morgan fingerprint density at radius 2 is 2.14 bits per heavy atom. The fourth-order valence-corrected chi connectivity index (χ4v) is 5.23. The van der Waals surface area contributed by atoms with Crippen LogP contribution >= 0.6 is 23.4 Å². The molecule has 0 aliphatic carbocycles. The number of aromatic nitrogens is 2. The maximum atomic E-state index is 14.7. The van der Waals surface area contributed by atoms with Gasteiger partial charge in [0.2, 0.25) is 5.91 Å². The van der Waals surface area contributed by atoms with E-state index in [1.807, 2.05) is 13.8 Å². The monoisotopic (exact) mass is 425 g/mol. The van der Waals surface area contributed by atoms with Crippen molar-refractivity contribution in [2.45, 2.75) is 43.6 Å². The first-order valence-electron chi connectivity index (χ1n) is 9.10. The number of carbonyl (C=O) groups excluding carboxylic acids is 1. The summed E-state index contributed by atoms with van der Waals surface area (Å²) in [5.41, 5.74) is -0.0238. The summed E-state index contributed by atoms with van der Waals surface area (Å²) in [5, 5.41) is 5.07. The Hall–Kier alpha value is -1.77. The maximum absolute atomic E-state index is 14.7. The molecular weight excluding hydrogens is 405 g/mol. The van der Waals surface area contributed by atoms with E-state index < -0.39 is 11.1 Å². The fourth-order valence-electron chi connectivity index (χ4n) is 3.91. The Morgan fingerprint density at radius 1 is 1.36 bits per heavy atom. The molecule has 1 fully saturated rings. The van der Waals surface area contributed by atoms with Crippen molar-refractivity contribution in [1.82, 2.24) is 9.78 Å². The number of hydrogen-bond acceptors (Lipinski definition) is 4. The molecule has 6 nitrogen and oxygen atoms in total. The number of hydrogen-bond donors (Lipinski definition) is 2. The van der Waals surface area contributed by atoms with Crippen molar-refractivity contribution in [2.75, 3.05) is 17.7 Å². The van der Waals surface area contributed by atoms with Gasteiger partial charge in [-0.2, -0.15) is 0 Å². The minimum atomic E-state index is -0.634. The first-order valence-corrected chi connectivity index (χ1v) is 10.5. The predicted molar refractivity (Wildman–Crippen MR) is 108 cm³/mol. The van der Waals surface area contributed by atoms with Gasteiger partial charge in [0, 0.05) is 12.2 Å². The van der Waals surface area contributed by atoms with Crippen LogP contribution in [0.5, 0.6) is 0 Å². The Bertz CT molecular complexity index is 987. The van der Waals surface area contributed by atoms with Gasteiger partial charge in [0.15, 0.2) is 0 Å². The van der Waals surface area contributed by atoms with Crippen LogP contribution in [0.1, 0.15) is 49.1 Å². The molecule has 2 aliphatic rings. The van der Waals surface area contributed by atoms with Gasteiger partial charge in [-0.05, 0) is 32.8 Å². The molecule has 2 aliphatic heterocycles. The highest BCUT2D eigenvalue weighted by Crippen LogP contribution is 2.43. The molecule has 4 rings (SSSR count). The maximum Gasteiger partial charge on any atom is 0.270 e. The van der Waals surface area contributed by atoms with Crippen LogP contribution in [0.3, 0.4) is 0 Å². The number of carbonyl (C=O) groups is 1. The number of nitrogens with zero attached hydrogens (tertiary/aromatic N) is 1. The number of H-pyrrole nitrogens is 1. The third-order valence-electron chi connectivity index (χ3n) is 5.16. The lowest BCUT2D eigenvalue weighted by Gasteiger charge is -2.36. The van der Waals surface area contributed by atoms with Gasteiger partial charge in [-0.15, -0.1) is 11.8 Å². The molecule has 1 aromatic carbocycles. The van der Waals surface area contributed by atoms with Crippen LogP contribution < -0.4 is 10.9 Å². The average molecular weight is 426 g/mol. The number of rotatable bonds is 2. The zero-order valence-electron chi connectivity index (χ0n) is 15.6. The second-order valence-electron chi connectivity index (χ2n) is 7.71. The Labute approximate surface area is 170 Å². The summed E-state index contributed by atoms with van der Waals surface area (Å²) in [5.74, 6) is -0.270. The van der Waals surface area contributed by atoms with Gasteiger partial charge in [0.05, 0.1) is 33.2 Å². The molecule has 0 unspecified atom stereocenters. The molecule has 1 aromatic heterocycles. The summed E-state index contributed by atoms with van der Waals surface area (Å²) in [6.45, 7) is 4.55. The molecule has 2 N–H and O–H groups in total. The molecule has 0 radical (unpaired) electrons. The highest BCUT2D eigenvalue weighted by Gasteiger charge is 2.36. The molecule has 1 amide bonds. The second kappa shape index (κ2) is 7.24. The van der Waals surface area contributed by atoms with Crippen molar-refractivity contribution >= 4 is 35.1 Å². The Morgan fingerprint density at radius 3 is 2.89 bits per heavy atom. The second-order valence-corrected chi connectivity index (χ2v) is 9.21. The van der Waals surface area contributed by atoms with E-state index in [9.17, 15) is 14.0 Å². The highest BCUT2D eigenvalue weighted by molar-refractivity contribution is 8.00. The zero-order chi connectivity index (χ0) is 20.1. The van der Waals surface area contributed by atoms with Crippen LogP contribution in [0, 0.1) is 5.82 Å². The number of aromatic amines is 1. The highest BCUT2D eigenvalue weighted by atomic mass is 35.5. The molecule has 2 atom stereocenters. The molecule has 0 saturated carbocycles. The molecule has 9 heteroatoms. The fraction of sp³-hybridized carbons (Fsp3) is 0.474. The number of benzene rings is 1. The number of nitrogens with one attached hydrogen (secondary N) is 2. The predicted octanol–water partition coefficient (Wildman–Crippen LogP) is 3.87. The van der Waals surface area contributed by atoms with E-state index in [2.05, 4.69) is 10.4 Å². The van der Waals surface area contributed by atoms with Gasteiger partial charge in [-0.1, -0.05) is 23.7 Å². The third-order valence-corrected chi connectivity index (χ3v) is 6.71. The zero-order valence-corrected chi connectivity index (χ0v) is 17.1. The van der Waals surface area contributed by atoms with Crippen molar-refractivity contribution in [1.29, 1.82) is 0 Å². The van der Waals surface area contributed by atoms with E-state index in [-0.39, 0.29) is 33.9 Å². The molecule has 1 saturated heterocycles. The number of anilines is 1. The van der Waals surface area contributed by atoms with Gasteiger partial charge in [0.25, 0.3) is 5.56 Å². The van der Waals surface area contributed by atoms with E-state index in [4.69, 9.17) is 16.3 Å². The molecule has 28 heavy (non-hydrogen) atoms. The number of fused-ring (bicyclic) bond motifs is 1. The molecule has 0 bridgehead atoms. The standard InChI is InChI=1S/C19H21ClFN3O3S/c1-19(2)8-10(6-7-27-19)24-17-14(18(26)23-24)16(28-9-13(25)22-17)11-4-3-5-12(20)15(11)21/h3-5,10,16H,6-9H2,1-2H3,(H,22,25)(H,23,26)/t10-,16-/m0/s1. The smallest absolute Gasteiger partial charge is 0.270 e. The molecule has 3 heterocycles. The summed E-state index contributed by atoms with van der Waals surface area (Å²) in [6, 6.07) is 4.68. The van der Waals surface area contributed by atoms with E-state index in [0.29, 0.717) is 36.4 Å². The summed E-state index contributed by atoms with van der Waals surface area (Å²) in [4.78, 5) is 25.2. The van der Waals surface area contributed by atoms with Crippen molar-refractivity contribution in [3.05, 3.63) is 50.5 Å². The van der Waals surface area contributed by atoms with Gasteiger partial charge in [-0.25, -0.2) is 4.39 Å². The number of thioether (sulfide) groups is 1. The van der Waals surface area contributed by atoms with Crippen LogP contribution in [-0.4, -0.2) is 33.6 Å². The molecule has 150 valence electrons. The average Bonchev–Trinajstić information content (AvgIpc) is 2.83. The van der Waals surface area contributed by atoms with Crippen LogP contribution in [-0.2, 0) is 9.53 Å². The van der Waals surface area contributed by atoms with Crippen LogP contribution in [0.25, 0.3) is 0 Å². The van der Waals surface area contributed by atoms with Crippen LogP contribution in [0.2, 0.25) is 5.02 Å². The lowest BCUT2D eigenvalue weighted by Crippen LogP contribution is -2.36. The number of ether oxygens (including phenoxy) is 1. The van der Waals surface area contributed by atoms with Gasteiger partial charge in [0.1, 0.15) is 11.6 Å². The number of amides is 1. The molecule has 0 spiro atoms. The quantitative estimate of drug-likeness (QED) is 0.765. The van der Waals surface area contributed by atoms with E-state index in [1.165, 1.54) is 17.8 Å². The normalized spacial score (nSPS) is 24.4. The SMILES string of the molecule is CC1(C)C[C@@H](n2[nH]c(=O)c3c2NC(=O)CS[C@H]3c2cccc(Cl)c2F)CCO1. The third kappa shape index (κ3) is 3.49. The summed E-state index contributed by atoms with van der Waals surface area (Å²) >= 11 is 7.17. The van der Waals surface area contributed by atoms with Crippen LogP contribution in [0.4, 0.5) is 10.2 Å². The largest absolute Gasteiger partial charge is 0.375 e. The lowest BCUT2D eigenvalue weighted by molar-refractivity contribution is -0.113. The van der Waals surface area contributed by atoms with E-state index >= 15 is 0 Å². The minimum Gasteiger partial charge on any atom is -0.375 e. The molecular formula is C19H21ClFN3O3S. The van der Waals surface area contributed by atoms with Gasteiger partial charge < -0.3 is 10.1 Å². The van der Waals surface area contributed by atoms with Gasteiger partial charge >= 0.3 is 0 Å². The molecule has 2 aromatic rings. The van der Waals surface area contributed by atoms with E-state index in [0.717, 1.165) is 0 Å². The van der Waals surface area contributed by atoms with Crippen molar-refractivity contribution in [3.8, 4) is 0 Å². The van der Waals surface area contributed by atoms with Crippen molar-refractivity contribution in [3.63, 3.8) is 0 Å². The first-order chi connectivity index (χ1) is 13.3. The topological polar surface area (TPSA) is 76.1 Å². The Kier molecular flexibility index (Phi) is 5.05. The van der Waals surface area contributed by atoms with E-state index in [1.54, 1.807) is 16.8 Å². The summed E-state index contributed by atoms with van der Waals surface area (Å²) < 4.78 is 22.2. The first kappa shape index (κ1) is 19.5. The summed E-state index contributed by atoms with van der Waals surface area (Å²) in [7, 11) is 0. The number of halogens is 2. The van der Waals surface area contributed by atoms with Crippen LogP contribution in [0.15, 0.2) is 23.0 Å². The minimum absolute atomic E-state index is 0.00905. The van der Waals surface area contributed by atoms with Crippen molar-refractivity contribution in [2.24, 2.45) is 0 Å². The summed E-state index contributed by atoms with van der Waals surface area (Å²) in [6.07, 6.45) is 1.39. The Balaban J connectivity index is 1.84. The van der Waals surface area contributed by atoms with Crippen molar-refractivity contribution < 1.29 is 13.9 Å². The van der Waals surface area contributed by atoms with Gasteiger partial charge in [-0.3, -0.25) is 19.4 Å².